The van der Waals surface area contributed by atoms with Crippen molar-refractivity contribution in [3.05, 3.63) is 80.0 Å². The normalized spacial score (nSPS) is 10.4. The molecule has 0 saturated carbocycles. The fourth-order valence-electron chi connectivity index (χ4n) is 2.55. The molecule has 11 heteroatoms. The van der Waals surface area contributed by atoms with E-state index in [1.165, 1.54) is 11.3 Å². The number of ether oxygens (including phenoxy) is 2. The lowest BCUT2D eigenvalue weighted by Gasteiger charge is -2.06. The van der Waals surface area contributed by atoms with E-state index < -0.39 is 34.9 Å². The predicted molar refractivity (Wildman–Crippen MR) is 114 cm³/mol. The number of nitrogens with one attached hydrogen (secondary N) is 1. The molecule has 0 atom stereocenters. The molecule has 0 radical (unpaired) electrons. The zero-order valence-corrected chi connectivity index (χ0v) is 17.7. The van der Waals surface area contributed by atoms with E-state index in [1.807, 2.05) is 31.2 Å². The van der Waals surface area contributed by atoms with Crippen LogP contribution in [0.1, 0.15) is 16.3 Å². The van der Waals surface area contributed by atoms with Crippen LogP contribution in [0.25, 0.3) is 0 Å². The molecule has 0 spiro atoms. The van der Waals surface area contributed by atoms with Gasteiger partial charge in [0.1, 0.15) is 17.4 Å². The van der Waals surface area contributed by atoms with Gasteiger partial charge in [-0.25, -0.2) is 4.98 Å². The Kier molecular flexibility index (Phi) is 7.45. The number of carbonyl (C=O) groups is 2. The van der Waals surface area contributed by atoms with Crippen LogP contribution in [0.15, 0.2) is 47.8 Å². The number of aryl methyl sites for hydroxylation is 1. The average molecular weight is 459 g/mol. The van der Waals surface area contributed by atoms with Crippen molar-refractivity contribution in [2.45, 2.75) is 20.0 Å². The van der Waals surface area contributed by atoms with Crippen molar-refractivity contribution < 1.29 is 28.4 Å². The zero-order chi connectivity index (χ0) is 23.1. The van der Waals surface area contributed by atoms with E-state index in [2.05, 4.69) is 10.3 Å². The van der Waals surface area contributed by atoms with E-state index in [0.29, 0.717) is 16.5 Å². The van der Waals surface area contributed by atoms with E-state index in [-0.39, 0.29) is 18.7 Å². The van der Waals surface area contributed by atoms with Crippen molar-refractivity contribution in [2.24, 2.45) is 0 Å². The summed E-state index contributed by atoms with van der Waals surface area (Å²) in [6, 6.07) is 10.5. The van der Waals surface area contributed by atoms with Crippen LogP contribution in [0.5, 0.6) is 5.75 Å². The summed E-state index contributed by atoms with van der Waals surface area (Å²) in [4.78, 5) is 38.0. The Balaban J connectivity index is 1.44. The molecule has 0 aliphatic rings. The quantitative estimate of drug-likeness (QED) is 0.293. The number of esters is 1. The summed E-state index contributed by atoms with van der Waals surface area (Å²) in [5.41, 5.74) is 0.847. The third-order valence-electron chi connectivity index (χ3n) is 4.10. The summed E-state index contributed by atoms with van der Waals surface area (Å²) in [6.45, 7) is 1.64. The molecule has 1 amide bonds. The third-order valence-corrected chi connectivity index (χ3v) is 4.97. The summed E-state index contributed by atoms with van der Waals surface area (Å²) in [6.07, 6.45) is -0.129. The lowest BCUT2D eigenvalue weighted by Crippen LogP contribution is -2.21. The van der Waals surface area contributed by atoms with Crippen molar-refractivity contribution in [1.29, 1.82) is 0 Å². The van der Waals surface area contributed by atoms with Crippen LogP contribution in [-0.4, -0.2) is 28.4 Å². The number of nitrogens with zero attached hydrogens (tertiary/aromatic N) is 2. The number of anilines is 1. The number of rotatable bonds is 9. The van der Waals surface area contributed by atoms with Gasteiger partial charge in [0.05, 0.1) is 17.0 Å². The van der Waals surface area contributed by atoms with Crippen molar-refractivity contribution in [3.63, 3.8) is 0 Å². The van der Waals surface area contributed by atoms with Crippen LogP contribution < -0.4 is 10.1 Å². The second-order valence-corrected chi connectivity index (χ2v) is 7.59. The number of amides is 1. The van der Waals surface area contributed by atoms with E-state index in [0.717, 1.165) is 23.8 Å². The molecule has 3 aromatic rings. The molecule has 166 valence electrons. The highest BCUT2D eigenvalue weighted by molar-refractivity contribution is 7.09. The van der Waals surface area contributed by atoms with Gasteiger partial charge in [0.25, 0.3) is 5.91 Å². The van der Waals surface area contributed by atoms with E-state index in [4.69, 9.17) is 9.47 Å². The molecule has 9 nitrogen and oxygen atoms in total. The van der Waals surface area contributed by atoms with Crippen LogP contribution in [0, 0.1) is 22.9 Å². The lowest BCUT2D eigenvalue weighted by molar-refractivity contribution is -0.387. The smallest absolute Gasteiger partial charge is 0.312 e. The van der Waals surface area contributed by atoms with Crippen LogP contribution in [0.3, 0.4) is 0 Å². The maximum atomic E-state index is 13.3. The number of nitro groups is 1. The Bertz CT molecular complexity index is 1130. The van der Waals surface area contributed by atoms with E-state index in [1.54, 1.807) is 5.38 Å². The van der Waals surface area contributed by atoms with Gasteiger partial charge in [-0.3, -0.25) is 19.7 Å². The van der Waals surface area contributed by atoms with Crippen molar-refractivity contribution in [1.82, 2.24) is 4.98 Å². The molecule has 1 aromatic heterocycles. The number of hydrogen-bond donors (Lipinski definition) is 1. The van der Waals surface area contributed by atoms with E-state index >= 15 is 0 Å². The maximum Gasteiger partial charge on any atom is 0.312 e. The number of aromatic nitrogens is 1. The number of nitro benzene ring substituents is 1. The minimum absolute atomic E-state index is 0.0110. The second-order valence-electron chi connectivity index (χ2n) is 6.64. The van der Waals surface area contributed by atoms with Crippen molar-refractivity contribution in [3.8, 4) is 5.75 Å². The molecule has 0 bridgehead atoms. The lowest BCUT2D eigenvalue weighted by atomic mass is 10.2. The Hall–Kier alpha value is -3.86. The molecule has 0 saturated heterocycles. The van der Waals surface area contributed by atoms with Gasteiger partial charge in [0.15, 0.2) is 6.61 Å². The molecule has 0 fully saturated rings. The number of hydrogen-bond acceptors (Lipinski definition) is 8. The number of carbonyl (C=O) groups excluding carboxylic acids is 2. The summed E-state index contributed by atoms with van der Waals surface area (Å²) in [5.74, 6) is -1.69. The predicted octanol–water partition coefficient (Wildman–Crippen LogP) is 3.80. The van der Waals surface area contributed by atoms with Gasteiger partial charge in [-0.15, -0.1) is 11.3 Å². The third kappa shape index (κ3) is 6.57. The van der Waals surface area contributed by atoms with Crippen LogP contribution >= 0.6 is 11.3 Å². The van der Waals surface area contributed by atoms with Gasteiger partial charge < -0.3 is 14.8 Å². The zero-order valence-electron chi connectivity index (χ0n) is 16.9. The Labute approximate surface area is 186 Å². The fourth-order valence-corrected chi connectivity index (χ4v) is 3.25. The summed E-state index contributed by atoms with van der Waals surface area (Å²) in [7, 11) is 0. The molecule has 0 aliphatic carbocycles. The van der Waals surface area contributed by atoms with Gasteiger partial charge >= 0.3 is 11.7 Å². The highest BCUT2D eigenvalue weighted by Gasteiger charge is 2.16. The standard InChI is InChI=1S/C21H18FN3O6S/c1-13-2-5-16(6-3-13)30-11-20-24-15(12-32-20)9-21(27)31-10-19(26)23-14-4-7-17(22)18(8-14)25(28)29/h2-8,12H,9-11H2,1H3,(H,23,26). The summed E-state index contributed by atoms with van der Waals surface area (Å²) in [5, 5.41) is 15.4. The second kappa shape index (κ2) is 10.4. The number of halogens is 1. The fraction of sp³-hybridized carbons (Fsp3) is 0.190. The molecular formula is C21H18FN3O6S. The van der Waals surface area contributed by atoms with Crippen LogP contribution in [0.2, 0.25) is 0 Å². The first-order valence-corrected chi connectivity index (χ1v) is 10.2. The highest BCUT2D eigenvalue weighted by Crippen LogP contribution is 2.21. The highest BCUT2D eigenvalue weighted by atomic mass is 32.1. The average Bonchev–Trinajstić information content (AvgIpc) is 3.20. The van der Waals surface area contributed by atoms with Gasteiger partial charge in [-0.1, -0.05) is 17.7 Å². The first-order valence-electron chi connectivity index (χ1n) is 9.32. The Morgan fingerprint density at radius 1 is 1.22 bits per heavy atom. The molecule has 32 heavy (non-hydrogen) atoms. The Morgan fingerprint density at radius 3 is 2.69 bits per heavy atom. The maximum absolute atomic E-state index is 13.3. The summed E-state index contributed by atoms with van der Waals surface area (Å²) >= 11 is 1.34. The monoisotopic (exact) mass is 459 g/mol. The van der Waals surface area contributed by atoms with Crippen LogP contribution in [-0.2, 0) is 27.4 Å². The molecule has 0 unspecified atom stereocenters. The topological polar surface area (TPSA) is 121 Å². The first-order chi connectivity index (χ1) is 15.3. The molecular weight excluding hydrogens is 441 g/mol. The number of benzene rings is 2. The summed E-state index contributed by atoms with van der Waals surface area (Å²) < 4.78 is 23.9. The molecule has 0 aliphatic heterocycles. The SMILES string of the molecule is Cc1ccc(OCc2nc(CC(=O)OCC(=O)Nc3ccc(F)c([N+](=O)[O-])c3)cs2)cc1. The largest absolute Gasteiger partial charge is 0.486 e. The van der Waals surface area contributed by atoms with Gasteiger partial charge in [0, 0.05) is 17.1 Å². The number of thiazole rings is 1. The van der Waals surface area contributed by atoms with Gasteiger partial charge in [-0.05, 0) is 31.2 Å². The van der Waals surface area contributed by atoms with Crippen LogP contribution in [0.4, 0.5) is 15.8 Å². The first kappa shape index (κ1) is 22.8. The Morgan fingerprint density at radius 2 is 1.97 bits per heavy atom. The van der Waals surface area contributed by atoms with Gasteiger partial charge in [-0.2, -0.15) is 4.39 Å². The molecule has 1 heterocycles. The van der Waals surface area contributed by atoms with E-state index in [9.17, 15) is 24.1 Å². The minimum Gasteiger partial charge on any atom is -0.486 e. The molecule has 1 N–H and O–H groups in total. The molecule has 2 aromatic carbocycles. The van der Waals surface area contributed by atoms with Crippen molar-refractivity contribution >= 4 is 34.6 Å². The minimum atomic E-state index is -1.02. The van der Waals surface area contributed by atoms with Gasteiger partial charge in [0.2, 0.25) is 5.82 Å². The molecule has 3 rings (SSSR count). The van der Waals surface area contributed by atoms with Crippen molar-refractivity contribution in [2.75, 3.05) is 11.9 Å².